The number of halogens is 9. The molecule has 0 atom stereocenters. The molecule has 0 saturated carbocycles. The highest BCUT2D eigenvalue weighted by Gasteiger charge is 2.32. The van der Waals surface area contributed by atoms with Crippen LogP contribution in [0.1, 0.15) is 5.56 Å². The van der Waals surface area contributed by atoms with Crippen molar-refractivity contribution in [3.63, 3.8) is 0 Å². The van der Waals surface area contributed by atoms with Gasteiger partial charge < -0.3 is 0 Å². The fraction of sp³-hybridized carbons (Fsp3) is 0.133. The molecule has 0 aliphatic rings. The van der Waals surface area contributed by atoms with E-state index in [1.54, 1.807) is 18.3 Å². The summed E-state index contributed by atoms with van der Waals surface area (Å²) in [6.07, 6.45) is -2.91. The molecule has 0 aliphatic carbocycles. The van der Waals surface area contributed by atoms with Gasteiger partial charge in [0.25, 0.3) is 3.25 Å². The van der Waals surface area contributed by atoms with Crippen molar-refractivity contribution in [2.45, 2.75) is 9.43 Å². The fourth-order valence-corrected chi connectivity index (χ4v) is 2.73. The molecule has 0 fully saturated rings. The molecule has 1 aromatic heterocycles. The molecule has 2 nitrogen and oxygen atoms in total. The van der Waals surface area contributed by atoms with Crippen LogP contribution in [0.4, 0.5) is 13.2 Å². The summed E-state index contributed by atoms with van der Waals surface area (Å²) in [7, 11) is 0. The number of alkyl halides is 7. The SMILES string of the molecule is ClC(Cl)(Cl)Cl.FC(F)(F)c1cc(Cl)c(-n2ncc3ccccc32)c(Cl)c1. The van der Waals surface area contributed by atoms with Gasteiger partial charge in [0.05, 0.1) is 27.3 Å². The molecule has 0 aliphatic heterocycles. The number of hydrogen-bond acceptors (Lipinski definition) is 1. The maximum Gasteiger partial charge on any atom is 0.416 e. The van der Waals surface area contributed by atoms with E-state index < -0.39 is 15.0 Å². The van der Waals surface area contributed by atoms with Crippen molar-refractivity contribution in [1.29, 1.82) is 0 Å². The van der Waals surface area contributed by atoms with Crippen LogP contribution in [-0.4, -0.2) is 13.0 Å². The van der Waals surface area contributed by atoms with E-state index in [9.17, 15) is 13.2 Å². The lowest BCUT2D eigenvalue weighted by atomic mass is 10.2. The largest absolute Gasteiger partial charge is 0.416 e. The molecule has 0 amide bonds. The van der Waals surface area contributed by atoms with Crippen LogP contribution < -0.4 is 0 Å². The molecule has 3 rings (SSSR count). The van der Waals surface area contributed by atoms with Crippen LogP contribution in [-0.2, 0) is 6.18 Å². The highest BCUT2D eigenvalue weighted by molar-refractivity contribution is 6.83. The van der Waals surface area contributed by atoms with Gasteiger partial charge in [0, 0.05) is 5.39 Å². The molecule has 0 radical (unpaired) electrons. The third kappa shape index (κ3) is 5.72. The van der Waals surface area contributed by atoms with Crippen molar-refractivity contribution in [2.75, 3.05) is 0 Å². The number of para-hydroxylation sites is 1. The fourth-order valence-electron chi connectivity index (χ4n) is 2.08. The maximum atomic E-state index is 12.7. The monoisotopic (exact) mass is 482 g/mol. The van der Waals surface area contributed by atoms with Crippen molar-refractivity contribution in [1.82, 2.24) is 9.78 Å². The second kappa shape index (κ2) is 8.21. The van der Waals surface area contributed by atoms with Crippen LogP contribution in [0.5, 0.6) is 0 Å². The molecule has 140 valence electrons. The van der Waals surface area contributed by atoms with Gasteiger partial charge in [-0.05, 0) is 18.2 Å². The number of nitrogens with zero attached hydrogens (tertiary/aromatic N) is 2. The predicted octanol–water partition coefficient (Wildman–Crippen LogP) is 7.90. The molecule has 0 spiro atoms. The molecule has 0 saturated heterocycles. The van der Waals surface area contributed by atoms with Crippen LogP contribution >= 0.6 is 69.6 Å². The first-order chi connectivity index (χ1) is 11.9. The summed E-state index contributed by atoms with van der Waals surface area (Å²) >= 11 is 31.3. The summed E-state index contributed by atoms with van der Waals surface area (Å²) < 4.78 is 38.0. The minimum Gasteiger partial charge on any atom is -0.230 e. The number of rotatable bonds is 1. The molecule has 0 unspecified atom stereocenters. The van der Waals surface area contributed by atoms with Gasteiger partial charge in [0.1, 0.15) is 5.69 Å². The lowest BCUT2D eigenvalue weighted by Crippen LogP contribution is -2.07. The van der Waals surface area contributed by atoms with Crippen molar-refractivity contribution in [3.8, 4) is 5.69 Å². The molecule has 26 heavy (non-hydrogen) atoms. The zero-order valence-corrected chi connectivity index (χ0v) is 16.9. The van der Waals surface area contributed by atoms with Gasteiger partial charge in [0.2, 0.25) is 0 Å². The second-order valence-corrected chi connectivity index (χ2v) is 9.07. The smallest absolute Gasteiger partial charge is 0.230 e. The first-order valence-corrected chi connectivity index (χ1v) is 8.89. The van der Waals surface area contributed by atoms with Crippen LogP contribution in [0.25, 0.3) is 16.6 Å². The Morgan fingerprint density at radius 2 is 1.38 bits per heavy atom. The summed E-state index contributed by atoms with van der Waals surface area (Å²) in [4.78, 5) is 0. The summed E-state index contributed by atoms with van der Waals surface area (Å²) in [5.74, 6) is 0. The minimum atomic E-state index is -4.50. The molecule has 0 bridgehead atoms. The summed E-state index contributed by atoms with van der Waals surface area (Å²) in [5, 5.41) is 4.77. The van der Waals surface area contributed by atoms with Crippen molar-refractivity contribution < 1.29 is 13.2 Å². The minimum absolute atomic E-state index is 0.108. The topological polar surface area (TPSA) is 17.8 Å². The first kappa shape index (κ1) is 21.7. The lowest BCUT2D eigenvalue weighted by Gasteiger charge is -2.13. The Kier molecular flexibility index (Phi) is 6.86. The van der Waals surface area contributed by atoms with E-state index in [4.69, 9.17) is 69.6 Å². The molecule has 3 aromatic rings. The van der Waals surface area contributed by atoms with E-state index in [0.29, 0.717) is 5.52 Å². The van der Waals surface area contributed by atoms with Crippen LogP contribution in [0.15, 0.2) is 42.6 Å². The van der Waals surface area contributed by atoms with Crippen LogP contribution in [0.3, 0.4) is 0 Å². The van der Waals surface area contributed by atoms with Gasteiger partial charge in [-0.25, -0.2) is 4.68 Å². The summed E-state index contributed by atoms with van der Waals surface area (Å²) in [5.41, 5.74) is 0.0475. The standard InChI is InChI=1S/C14H7Cl2F3N2.CCl4/c15-10-5-9(14(17,18)19)6-11(16)13(10)21-12-4-2-1-3-8(12)7-20-21;2-1(3,4)5/h1-7H;. The lowest BCUT2D eigenvalue weighted by molar-refractivity contribution is -0.137. The van der Waals surface area contributed by atoms with E-state index in [0.717, 1.165) is 17.5 Å². The second-order valence-electron chi connectivity index (χ2n) is 4.83. The molecule has 2 aromatic carbocycles. The van der Waals surface area contributed by atoms with Crippen LogP contribution in [0, 0.1) is 0 Å². The Labute approximate surface area is 176 Å². The average Bonchev–Trinajstić information content (AvgIpc) is 2.88. The third-order valence-electron chi connectivity index (χ3n) is 3.03. The number of hydrogen-bond donors (Lipinski definition) is 0. The maximum absolute atomic E-state index is 12.7. The van der Waals surface area contributed by atoms with Gasteiger partial charge >= 0.3 is 6.18 Å². The van der Waals surface area contributed by atoms with Gasteiger partial charge in [-0.15, -0.1) is 0 Å². The molecular weight excluding hydrogens is 478 g/mol. The Hall–Kier alpha value is -0.560. The van der Waals surface area contributed by atoms with E-state index in [1.807, 2.05) is 12.1 Å². The van der Waals surface area contributed by atoms with E-state index in [-0.39, 0.29) is 15.7 Å². The Balaban J connectivity index is 0.000000431. The Morgan fingerprint density at radius 1 is 0.885 bits per heavy atom. The van der Waals surface area contributed by atoms with Gasteiger partial charge in [-0.1, -0.05) is 87.8 Å². The van der Waals surface area contributed by atoms with Gasteiger partial charge in [-0.3, -0.25) is 0 Å². The Morgan fingerprint density at radius 3 is 1.88 bits per heavy atom. The van der Waals surface area contributed by atoms with Crippen LogP contribution in [0.2, 0.25) is 10.0 Å². The first-order valence-electron chi connectivity index (χ1n) is 6.63. The molecule has 0 N–H and O–H groups in total. The average molecular weight is 485 g/mol. The normalized spacial score (nSPS) is 12.0. The highest BCUT2D eigenvalue weighted by atomic mass is 35.6. The zero-order valence-electron chi connectivity index (χ0n) is 12.3. The van der Waals surface area contributed by atoms with E-state index >= 15 is 0 Å². The molecule has 1 heterocycles. The highest BCUT2D eigenvalue weighted by Crippen LogP contribution is 2.38. The number of fused-ring (bicyclic) bond motifs is 1. The number of aromatic nitrogens is 2. The van der Waals surface area contributed by atoms with E-state index in [1.165, 1.54) is 4.68 Å². The molecular formula is C15H7Cl6F3N2. The van der Waals surface area contributed by atoms with Crippen molar-refractivity contribution in [2.24, 2.45) is 0 Å². The predicted molar refractivity (Wildman–Crippen MR) is 102 cm³/mol. The molecule has 11 heteroatoms. The Bertz CT molecular complexity index is 889. The van der Waals surface area contributed by atoms with Gasteiger partial charge in [0.15, 0.2) is 0 Å². The van der Waals surface area contributed by atoms with Gasteiger partial charge in [-0.2, -0.15) is 18.3 Å². The van der Waals surface area contributed by atoms with E-state index in [2.05, 4.69) is 5.10 Å². The van der Waals surface area contributed by atoms with Crippen molar-refractivity contribution in [3.05, 3.63) is 58.2 Å². The third-order valence-corrected chi connectivity index (χ3v) is 3.61. The summed E-state index contributed by atoms with van der Waals surface area (Å²) in [6, 6.07) is 8.95. The summed E-state index contributed by atoms with van der Waals surface area (Å²) in [6.45, 7) is 0. The zero-order chi connectivity index (χ0) is 19.7. The number of benzene rings is 2. The quantitative estimate of drug-likeness (QED) is 0.321. The van der Waals surface area contributed by atoms with Crippen molar-refractivity contribution >= 4 is 80.5 Å².